The maximum atomic E-state index is 13.4. The number of Topliss-reactive ketones (excluding diaryl/α,β-unsaturated/α-hetero) is 1. The van der Waals surface area contributed by atoms with Gasteiger partial charge in [-0.25, -0.2) is 4.39 Å². The lowest BCUT2D eigenvalue weighted by atomic mass is 9.66. The van der Waals surface area contributed by atoms with Crippen molar-refractivity contribution in [1.82, 2.24) is 4.98 Å². The van der Waals surface area contributed by atoms with Crippen LogP contribution in [0.2, 0.25) is 5.02 Å². The molecule has 0 radical (unpaired) electrons. The highest BCUT2D eigenvalue weighted by molar-refractivity contribution is 6.31. The fourth-order valence-corrected chi connectivity index (χ4v) is 4.35. The number of ketones is 1. The van der Waals surface area contributed by atoms with Crippen LogP contribution in [0.3, 0.4) is 0 Å². The Balaban J connectivity index is 1.81. The Labute approximate surface area is 145 Å². The van der Waals surface area contributed by atoms with Crippen molar-refractivity contribution in [3.63, 3.8) is 0 Å². The molecule has 3 nitrogen and oxygen atoms in total. The molecule has 5 rings (SSSR count). The summed E-state index contributed by atoms with van der Waals surface area (Å²) in [6, 6.07) is 4.58. The molecule has 0 spiro atoms. The molecule has 24 heavy (non-hydrogen) atoms. The molecule has 2 bridgehead atoms. The Bertz CT molecular complexity index is 828. The average molecular weight is 345 g/mol. The summed E-state index contributed by atoms with van der Waals surface area (Å²) in [6.07, 6.45) is 6.29. The van der Waals surface area contributed by atoms with E-state index in [1.165, 1.54) is 11.6 Å². The standard InChI is InChI=1S/C19H18ClFN2O/c1-10(24)19-18-12-4-2-11(3-5-12)17(18)16(9-22-19)23-13-6-7-15(21)14(20)8-13/h6-9,11-12,23H,2-5H2,1H3. The second-order valence-electron chi connectivity index (χ2n) is 6.71. The number of benzene rings is 1. The van der Waals surface area contributed by atoms with Crippen LogP contribution in [0.5, 0.6) is 0 Å². The van der Waals surface area contributed by atoms with Crippen LogP contribution in [0, 0.1) is 5.82 Å². The topological polar surface area (TPSA) is 42.0 Å². The molecule has 1 fully saturated rings. The molecule has 0 atom stereocenters. The van der Waals surface area contributed by atoms with Crippen molar-refractivity contribution in [1.29, 1.82) is 0 Å². The minimum absolute atomic E-state index is 0.0233. The number of carbonyl (C=O) groups excluding carboxylic acids is 1. The van der Waals surface area contributed by atoms with E-state index in [1.54, 1.807) is 25.3 Å². The number of hydrogen-bond acceptors (Lipinski definition) is 3. The molecule has 0 amide bonds. The molecule has 1 aromatic heterocycles. The number of aromatic nitrogens is 1. The second kappa shape index (κ2) is 5.85. The van der Waals surface area contributed by atoms with E-state index in [-0.39, 0.29) is 10.8 Å². The van der Waals surface area contributed by atoms with Gasteiger partial charge in [-0.05, 0) is 66.8 Å². The van der Waals surface area contributed by atoms with Gasteiger partial charge in [0.1, 0.15) is 11.5 Å². The van der Waals surface area contributed by atoms with E-state index in [2.05, 4.69) is 10.3 Å². The van der Waals surface area contributed by atoms with Crippen LogP contribution in [0.4, 0.5) is 15.8 Å². The molecular weight excluding hydrogens is 327 g/mol. The van der Waals surface area contributed by atoms with Crippen LogP contribution in [0.15, 0.2) is 24.4 Å². The highest BCUT2D eigenvalue weighted by Gasteiger charge is 2.37. The predicted molar refractivity (Wildman–Crippen MR) is 92.9 cm³/mol. The number of nitrogens with zero attached hydrogens (tertiary/aromatic N) is 1. The minimum Gasteiger partial charge on any atom is -0.354 e. The number of fused-ring (bicyclic) bond motifs is 2. The van der Waals surface area contributed by atoms with E-state index in [4.69, 9.17) is 11.6 Å². The molecule has 2 aromatic rings. The summed E-state index contributed by atoms with van der Waals surface area (Å²) in [6.45, 7) is 1.58. The van der Waals surface area contributed by atoms with Gasteiger partial charge in [-0.1, -0.05) is 11.6 Å². The van der Waals surface area contributed by atoms with Crippen LogP contribution < -0.4 is 5.32 Å². The van der Waals surface area contributed by atoms with Crippen molar-refractivity contribution in [3.8, 4) is 0 Å². The van der Waals surface area contributed by atoms with Gasteiger partial charge in [-0.2, -0.15) is 0 Å². The third-order valence-corrected chi connectivity index (χ3v) is 5.52. The zero-order valence-corrected chi connectivity index (χ0v) is 14.2. The van der Waals surface area contributed by atoms with Crippen molar-refractivity contribution in [2.75, 3.05) is 5.32 Å². The van der Waals surface area contributed by atoms with E-state index in [9.17, 15) is 9.18 Å². The van der Waals surface area contributed by atoms with Crippen LogP contribution in [0.1, 0.15) is 66.1 Å². The SMILES string of the molecule is CC(=O)c1ncc(Nc2ccc(F)c(Cl)c2)c2c1C1CCC2CC1. The lowest BCUT2D eigenvalue weighted by Gasteiger charge is -2.40. The number of carbonyl (C=O) groups is 1. The maximum absolute atomic E-state index is 13.4. The Morgan fingerprint density at radius 1 is 1.21 bits per heavy atom. The molecule has 0 saturated heterocycles. The van der Waals surface area contributed by atoms with Crippen LogP contribution in [-0.4, -0.2) is 10.8 Å². The van der Waals surface area contributed by atoms with E-state index in [0.717, 1.165) is 42.6 Å². The maximum Gasteiger partial charge on any atom is 0.178 e. The Hall–Kier alpha value is -1.94. The third kappa shape index (κ3) is 2.49. The quantitative estimate of drug-likeness (QED) is 0.739. The number of halogens is 2. The van der Waals surface area contributed by atoms with Gasteiger partial charge in [0.25, 0.3) is 0 Å². The fourth-order valence-electron chi connectivity index (χ4n) is 4.17. The lowest BCUT2D eigenvalue weighted by Crippen LogP contribution is -2.26. The van der Waals surface area contributed by atoms with Gasteiger partial charge < -0.3 is 5.32 Å². The van der Waals surface area contributed by atoms with E-state index < -0.39 is 5.82 Å². The molecule has 0 unspecified atom stereocenters. The number of rotatable bonds is 3. The van der Waals surface area contributed by atoms with E-state index >= 15 is 0 Å². The van der Waals surface area contributed by atoms with Crippen molar-refractivity contribution in [3.05, 3.63) is 52.1 Å². The summed E-state index contributed by atoms with van der Waals surface area (Å²) in [7, 11) is 0. The summed E-state index contributed by atoms with van der Waals surface area (Å²) in [5.74, 6) is 0.475. The Morgan fingerprint density at radius 3 is 2.50 bits per heavy atom. The Kier molecular flexibility index (Phi) is 3.80. The predicted octanol–water partition coefficient (Wildman–Crippen LogP) is 5.58. The van der Waals surface area contributed by atoms with E-state index in [1.807, 2.05) is 0 Å². The molecule has 1 saturated carbocycles. The first-order valence-electron chi connectivity index (χ1n) is 8.30. The summed E-state index contributed by atoms with van der Waals surface area (Å²) < 4.78 is 13.4. The average Bonchev–Trinajstić information content (AvgIpc) is 2.59. The second-order valence-corrected chi connectivity index (χ2v) is 7.11. The highest BCUT2D eigenvalue weighted by Crippen LogP contribution is 2.52. The summed E-state index contributed by atoms with van der Waals surface area (Å²) in [5.41, 5.74) is 4.60. The van der Waals surface area contributed by atoms with Crippen molar-refractivity contribution >= 4 is 28.8 Å². The zero-order valence-electron chi connectivity index (χ0n) is 13.4. The normalized spacial score (nSPS) is 21.5. The smallest absolute Gasteiger partial charge is 0.178 e. The number of hydrogen-bond donors (Lipinski definition) is 1. The molecule has 124 valence electrons. The molecule has 0 aliphatic heterocycles. The molecule has 3 aliphatic rings. The van der Waals surface area contributed by atoms with Crippen LogP contribution in [0.25, 0.3) is 0 Å². The summed E-state index contributed by atoms with van der Waals surface area (Å²) in [4.78, 5) is 16.4. The van der Waals surface area contributed by atoms with Gasteiger partial charge in [-0.3, -0.25) is 9.78 Å². The van der Waals surface area contributed by atoms with Crippen molar-refractivity contribution < 1.29 is 9.18 Å². The Morgan fingerprint density at radius 2 is 1.88 bits per heavy atom. The van der Waals surface area contributed by atoms with Gasteiger partial charge in [0.2, 0.25) is 0 Å². The van der Waals surface area contributed by atoms with Gasteiger partial charge in [0.15, 0.2) is 5.78 Å². The fraction of sp³-hybridized carbons (Fsp3) is 0.368. The summed E-state index contributed by atoms with van der Waals surface area (Å²) in [5, 5.41) is 3.41. The van der Waals surface area contributed by atoms with Crippen LogP contribution in [-0.2, 0) is 0 Å². The zero-order chi connectivity index (χ0) is 16.8. The molecule has 5 heteroatoms. The summed E-state index contributed by atoms with van der Waals surface area (Å²) >= 11 is 5.88. The minimum atomic E-state index is -0.437. The first kappa shape index (κ1) is 15.6. The molecule has 1 heterocycles. The van der Waals surface area contributed by atoms with Gasteiger partial charge in [0.05, 0.1) is 16.9 Å². The third-order valence-electron chi connectivity index (χ3n) is 5.23. The van der Waals surface area contributed by atoms with Crippen molar-refractivity contribution in [2.24, 2.45) is 0 Å². The van der Waals surface area contributed by atoms with Gasteiger partial charge >= 0.3 is 0 Å². The molecular formula is C19H18ClFN2O. The first-order valence-corrected chi connectivity index (χ1v) is 8.68. The lowest BCUT2D eigenvalue weighted by molar-refractivity contribution is 0.101. The van der Waals surface area contributed by atoms with E-state index in [0.29, 0.717) is 17.5 Å². The van der Waals surface area contributed by atoms with Crippen molar-refractivity contribution in [2.45, 2.75) is 44.4 Å². The largest absolute Gasteiger partial charge is 0.354 e. The molecule has 1 aromatic carbocycles. The monoisotopic (exact) mass is 344 g/mol. The highest BCUT2D eigenvalue weighted by atomic mass is 35.5. The molecule has 1 N–H and O–H groups in total. The number of anilines is 2. The number of pyridine rings is 1. The first-order chi connectivity index (χ1) is 11.5. The van der Waals surface area contributed by atoms with Crippen LogP contribution >= 0.6 is 11.6 Å². The molecule has 3 aliphatic carbocycles. The van der Waals surface area contributed by atoms with Gasteiger partial charge in [0, 0.05) is 12.6 Å². The number of nitrogens with one attached hydrogen (secondary N) is 1. The van der Waals surface area contributed by atoms with Gasteiger partial charge in [-0.15, -0.1) is 0 Å².